The Morgan fingerprint density at radius 3 is 0.993 bits per heavy atom. The highest BCUT2D eigenvalue weighted by Gasteiger charge is 2.32. The predicted octanol–water partition coefficient (Wildman–Crippen LogP) is 17.5. The molecule has 40 heteroatoms. The van der Waals surface area contributed by atoms with Gasteiger partial charge in [-0.15, -0.1) is 11.3 Å². The third kappa shape index (κ3) is 29.6. The molecule has 2 aromatic carbocycles. The van der Waals surface area contributed by atoms with E-state index in [2.05, 4.69) is 216 Å². The van der Waals surface area contributed by atoms with Gasteiger partial charge in [0, 0.05) is 125 Å². The summed E-state index contributed by atoms with van der Waals surface area (Å²) >= 11 is 6.95. The number of piperidine rings is 4. The minimum atomic E-state index is -0.386. The number of ether oxygens (including phenoxy) is 2. The first-order valence-electron chi connectivity index (χ1n) is 46.9. The maximum atomic E-state index is 11.8. The molecule has 9 aliphatic heterocycles. The van der Waals surface area contributed by atoms with Gasteiger partial charge in [0.05, 0.1) is 92.8 Å². The second kappa shape index (κ2) is 51.7. The van der Waals surface area contributed by atoms with Crippen LogP contribution < -0.4 is 71.6 Å². The predicted molar refractivity (Wildman–Crippen MR) is 577 cm³/mol. The lowest BCUT2D eigenvalue weighted by atomic mass is 9.97. The molecule has 8 N–H and O–H groups in total. The maximum Gasteiger partial charge on any atom is 0.290 e. The summed E-state index contributed by atoms with van der Waals surface area (Å²) in [7, 11) is 0. The van der Waals surface area contributed by atoms with Gasteiger partial charge in [0.25, 0.3) is 44.6 Å². The van der Waals surface area contributed by atoms with Crippen molar-refractivity contribution in [2.45, 2.75) is 107 Å². The number of amides is 8. The van der Waals surface area contributed by atoms with Gasteiger partial charge < -0.3 is 50.3 Å². The Morgan fingerprint density at radius 1 is 0.345 bits per heavy atom. The lowest BCUT2D eigenvalue weighted by Crippen LogP contribution is -2.38. The number of carbonyl (C=O) groups excluding carboxylic acids is 8. The molecule has 145 heavy (non-hydrogen) atoms. The summed E-state index contributed by atoms with van der Waals surface area (Å²) < 4.78 is 10.9. The number of anilines is 4. The fraction of sp³-hybridized carbons (Fsp3) is 0.314. The van der Waals surface area contributed by atoms with Crippen molar-refractivity contribution in [1.29, 1.82) is 0 Å². The number of rotatable bonds is 28. The summed E-state index contributed by atoms with van der Waals surface area (Å²) in [5, 5.41) is 28.2. The summed E-state index contributed by atoms with van der Waals surface area (Å²) in [5.41, 5.74) is 15.1. The second-order valence-electron chi connectivity index (χ2n) is 34.8. The van der Waals surface area contributed by atoms with Gasteiger partial charge >= 0.3 is 0 Å². The van der Waals surface area contributed by atoms with E-state index in [-0.39, 0.29) is 73.7 Å². The van der Waals surface area contributed by atoms with Gasteiger partial charge in [-0.3, -0.25) is 79.6 Å². The van der Waals surface area contributed by atoms with Crippen LogP contribution >= 0.6 is 69.7 Å². The first-order chi connectivity index (χ1) is 69.4. The van der Waals surface area contributed by atoms with E-state index in [1.807, 2.05) is 42.5 Å². The molecule has 0 unspecified atom stereocenters. The van der Waals surface area contributed by atoms with Crippen molar-refractivity contribution >= 4 is 162 Å². The maximum absolute atomic E-state index is 11.8. The van der Waals surface area contributed by atoms with Gasteiger partial charge in [-0.1, -0.05) is 82.4 Å². The van der Waals surface area contributed by atoms with E-state index < -0.39 is 0 Å². The number of carbonyl (C=O) groups is 8. The molecule has 9 aliphatic rings. The molecular weight excluding hydrogens is 1950 g/mol. The second-order valence-corrected chi connectivity index (χ2v) is 40.5. The Bertz CT molecular complexity index is 6500. The summed E-state index contributed by atoms with van der Waals surface area (Å²) in [6, 6.07) is 52.2. The van der Waals surface area contributed by atoms with Crippen LogP contribution in [0.1, 0.15) is 125 Å². The van der Waals surface area contributed by atoms with Crippen LogP contribution in [-0.2, 0) is 45.4 Å². The van der Waals surface area contributed by atoms with Gasteiger partial charge in [-0.2, -0.15) is 11.3 Å². The van der Waals surface area contributed by atoms with E-state index in [1.54, 1.807) is 96.0 Å². The van der Waals surface area contributed by atoms with Crippen molar-refractivity contribution in [2.24, 2.45) is 23.7 Å². The van der Waals surface area contributed by atoms with E-state index in [0.29, 0.717) is 96.4 Å². The third-order valence-corrected chi connectivity index (χ3v) is 29.5. The summed E-state index contributed by atoms with van der Waals surface area (Å²) in [6.45, 7) is 16.1. The van der Waals surface area contributed by atoms with Crippen LogP contribution in [0, 0.1) is 30.6 Å². The molecule has 8 saturated heterocycles. The highest BCUT2D eigenvalue weighted by atomic mass is 32.2. The first kappa shape index (κ1) is 106. The van der Waals surface area contributed by atoms with Crippen LogP contribution in [0.15, 0.2) is 218 Å². The number of hydrogen-bond acceptors (Lipinski definition) is 36. The van der Waals surface area contributed by atoms with Crippen molar-refractivity contribution in [3.63, 3.8) is 0 Å². The van der Waals surface area contributed by atoms with Gasteiger partial charge in [0.1, 0.15) is 0 Å². The fourth-order valence-corrected chi connectivity index (χ4v) is 21.1. The lowest BCUT2D eigenvalue weighted by Gasteiger charge is -2.32. The number of nitrogens with zero attached hydrogens (tertiary/aromatic N) is 16. The molecule has 0 saturated carbocycles. The minimum Gasteiger partial charge on any atom is -0.454 e. The monoisotopic (exact) mass is 2060 g/mol. The van der Waals surface area contributed by atoms with Crippen molar-refractivity contribution in [2.75, 3.05) is 105 Å². The van der Waals surface area contributed by atoms with Crippen LogP contribution in [0.4, 0.5) is 43.0 Å². The zero-order valence-electron chi connectivity index (χ0n) is 77.5. The third-order valence-electron chi connectivity index (χ3n) is 24.7. The van der Waals surface area contributed by atoms with E-state index in [4.69, 9.17) is 29.4 Å². The Kier molecular flexibility index (Phi) is 37.7. The Morgan fingerprint density at radius 2 is 0.669 bits per heavy atom. The molecular formula is C105H114N24O10S6. The topological polar surface area (TPSA) is 419 Å². The number of nitrogens with one attached hydrogen (secondary N) is 8. The number of fused-ring (bicyclic) bond motifs is 1. The summed E-state index contributed by atoms with van der Waals surface area (Å²) in [6.07, 6.45) is 21.7. The Hall–Kier alpha value is -13.7. The van der Waals surface area contributed by atoms with Gasteiger partial charge in [-0.25, -0.2) is 39.9 Å². The molecule has 750 valence electrons. The molecule has 21 rings (SSSR count). The van der Waals surface area contributed by atoms with Crippen LogP contribution in [-0.4, -0.2) is 190 Å². The highest BCUT2D eigenvalue weighted by Crippen LogP contribution is 2.38. The number of thioether (sulfide) groups is 4. The fourth-order valence-electron chi connectivity index (χ4n) is 17.1. The lowest BCUT2D eigenvalue weighted by molar-refractivity contribution is -0.116. The molecule has 0 aliphatic carbocycles. The zero-order valence-corrected chi connectivity index (χ0v) is 82.4. The molecule has 34 nitrogen and oxygen atoms in total. The molecule has 0 radical (unpaired) electrons. The number of hydrogen-bond donors (Lipinski definition) is 8. The van der Waals surface area contributed by atoms with E-state index >= 15 is 0 Å². The van der Waals surface area contributed by atoms with E-state index in [1.165, 1.54) is 16.0 Å². The van der Waals surface area contributed by atoms with Crippen LogP contribution in [0.2, 0.25) is 0 Å². The molecule has 12 aromatic rings. The number of pyridine rings is 4. The zero-order chi connectivity index (χ0) is 97.5. The highest BCUT2D eigenvalue weighted by molar-refractivity contribution is 8.19. The quantitative estimate of drug-likeness (QED) is 0.0211. The average Bonchev–Trinajstić information content (AvgIpc) is 1.66. The van der Waals surface area contributed by atoms with Crippen LogP contribution in [0.25, 0.3) is 68.6 Å². The molecule has 10 aromatic heterocycles. The standard InChI is InChI=1S/C27H26N6O4S.C27H28N6O2S.2C24H24N6O2S2.3CH4/c34-25-24(38-27(35)32-25)13-19-6-9-29-26(31-19)33-10-7-17(8-11-33)14-28-15-20-2-1-3-21(30-20)18-4-5-22-23(12-18)37-16-36-22;1-18-5-7-20(8-6-18)23-4-2-3-22(30-23)17-28-16-19-10-13-33(14-11-19)26-29-12-9-21(31-26)15-24-25(34)32-27(35)36-24;31-22-21(34-24(32)29-22)13-17-6-9-26-23(28-17)30-10-7-16(8-11-30)14-25-15-18-3-1-4-19(27-18)20-5-2-12-33-20;31-22-21(34-24(32)29-22)12-18-4-8-26-23(28-18)30-9-5-16(6-10-30)13-25-14-19-2-1-3-20(27-19)17-7-11-33-15-17;;;/h1-6,9,12-13,17,28H,7-8,10-11,14-16H2,(H,32,34,35);2-9,12,15,19,28H,10-11,13-14,16-17H2,1H3,(H,32,34,35);1-6,9,12-13,16,25H,7-8,10-11,14-15H2,(H,29,31,32);1-4,7-8,11-12,15-16,25H,5-6,9-10,13-14H2,(H,29,31,32);3*1H4/b24-13-;24-15-;21-13-;21-12-;;;. The number of imide groups is 4. The van der Waals surface area contributed by atoms with Crippen molar-refractivity contribution in [3.8, 4) is 55.8 Å². The van der Waals surface area contributed by atoms with Crippen molar-refractivity contribution in [3.05, 3.63) is 269 Å². The van der Waals surface area contributed by atoms with Crippen molar-refractivity contribution < 1.29 is 47.8 Å². The molecule has 8 amide bonds. The first-order valence-corrected chi connectivity index (χ1v) is 52.0. The summed E-state index contributed by atoms with van der Waals surface area (Å²) in [4.78, 5) is 159. The average molecular weight is 2060 g/mol. The van der Waals surface area contributed by atoms with Gasteiger partial charge in [0.2, 0.25) is 30.6 Å². The van der Waals surface area contributed by atoms with E-state index in [9.17, 15) is 38.4 Å². The van der Waals surface area contributed by atoms with Crippen molar-refractivity contribution in [1.82, 2.24) is 102 Å². The van der Waals surface area contributed by atoms with Crippen LogP contribution in [0.3, 0.4) is 0 Å². The molecule has 0 spiro atoms. The number of aromatic nitrogens is 12. The smallest absolute Gasteiger partial charge is 0.290 e. The summed E-state index contributed by atoms with van der Waals surface area (Å²) in [5.74, 6) is 4.93. The number of aryl methyl sites for hydroxylation is 1. The molecule has 8 fully saturated rings. The largest absolute Gasteiger partial charge is 0.454 e. The van der Waals surface area contributed by atoms with Crippen LogP contribution in [0.5, 0.6) is 11.5 Å². The van der Waals surface area contributed by atoms with E-state index in [0.717, 1.165) is 265 Å². The SMILES string of the molecule is C.C.C.Cc1ccc(-c2cccc(CNCC3CCN(c4nccc(/C=C5\SC(=O)NC5=O)n4)CC3)n2)cc1.O=C1NC(=O)/C(=C/c2ccnc(N3CCC(CNCc4cccc(-c5ccc6c(c5)OCO6)n4)CC3)n2)S1.O=C1NC(=O)/C(=C/c2ccnc(N3CCC(CNCc4cccc(-c5cccs5)n4)CC3)n2)S1.O=C1NC(=O)/C(=C/c2ccnc(N3CCC(CNCc4cccc(-c5ccsc5)n4)CC3)n2)S1. The minimum absolute atomic E-state index is 0. The molecule has 0 atom stereocenters. The Balaban J connectivity index is 0.000000144. The van der Waals surface area contributed by atoms with Gasteiger partial charge in [-0.05, 0) is 293 Å². The normalized spacial score (nSPS) is 17.6. The molecule has 19 heterocycles. The van der Waals surface area contributed by atoms with Gasteiger partial charge in [0.15, 0.2) is 11.5 Å². The molecule has 0 bridgehead atoms. The Labute approximate surface area is 867 Å². The number of benzene rings is 2. The number of thiophene rings is 2.